The zero-order chi connectivity index (χ0) is 17.7. The number of aryl methyl sites for hydroxylation is 2. The van der Waals surface area contributed by atoms with Gasteiger partial charge in [-0.2, -0.15) is 0 Å². The summed E-state index contributed by atoms with van der Waals surface area (Å²) in [4.78, 5) is 12.9. The molecule has 3 heteroatoms. The Balaban J connectivity index is 1.84. The Hall–Kier alpha value is -2.06. The second-order valence-electron chi connectivity index (χ2n) is 7.33. The molecule has 2 bridgehead atoms. The van der Waals surface area contributed by atoms with Crippen LogP contribution in [-0.4, -0.2) is 10.9 Å². The quantitative estimate of drug-likeness (QED) is 0.731. The van der Waals surface area contributed by atoms with Crippen LogP contribution in [0.15, 0.2) is 42.2 Å². The van der Waals surface area contributed by atoms with Gasteiger partial charge in [-0.15, -0.1) is 0 Å². The summed E-state index contributed by atoms with van der Waals surface area (Å²) in [6, 6.07) is 12.1. The predicted molar refractivity (Wildman–Crippen MR) is 102 cm³/mol. The fourth-order valence-corrected chi connectivity index (χ4v) is 4.30. The average Bonchev–Trinajstić information content (AvgIpc) is 3.05. The molecule has 1 fully saturated rings. The lowest BCUT2D eigenvalue weighted by atomic mass is 9.81. The number of ketones is 1. The van der Waals surface area contributed by atoms with Crippen LogP contribution in [0.1, 0.15) is 36.0 Å². The van der Waals surface area contributed by atoms with Crippen LogP contribution in [0, 0.1) is 25.7 Å². The number of carbonyl (C=O) groups excluding carboxylic acids is 1. The van der Waals surface area contributed by atoms with Crippen molar-refractivity contribution in [2.24, 2.45) is 11.8 Å². The molecule has 4 rings (SSSR count). The number of hydrogen-bond donors (Lipinski definition) is 1. The molecule has 0 amide bonds. The van der Waals surface area contributed by atoms with Gasteiger partial charge < -0.3 is 5.11 Å². The molecule has 0 radical (unpaired) electrons. The minimum atomic E-state index is 0.0766. The van der Waals surface area contributed by atoms with Gasteiger partial charge in [-0.3, -0.25) is 4.79 Å². The van der Waals surface area contributed by atoms with E-state index in [2.05, 4.69) is 0 Å². The highest BCUT2D eigenvalue weighted by molar-refractivity contribution is 6.31. The molecular formula is C22H21ClO2. The Morgan fingerprint density at radius 1 is 0.960 bits per heavy atom. The molecule has 0 heterocycles. The third kappa shape index (κ3) is 2.69. The van der Waals surface area contributed by atoms with E-state index >= 15 is 0 Å². The number of aliphatic hydroxyl groups excluding tert-OH is 1. The summed E-state index contributed by atoms with van der Waals surface area (Å²) in [5.41, 5.74) is 5.47. The van der Waals surface area contributed by atoms with Gasteiger partial charge in [0, 0.05) is 16.9 Å². The number of aliphatic hydroxyl groups is 1. The maximum absolute atomic E-state index is 12.9. The number of allylic oxidation sites excluding steroid dienone is 2. The molecule has 0 aromatic heterocycles. The van der Waals surface area contributed by atoms with E-state index in [1.807, 2.05) is 50.2 Å². The summed E-state index contributed by atoms with van der Waals surface area (Å²) in [5.74, 6) is 0.622. The van der Waals surface area contributed by atoms with Crippen molar-refractivity contribution in [1.82, 2.24) is 0 Å². The Morgan fingerprint density at radius 3 is 2.32 bits per heavy atom. The van der Waals surface area contributed by atoms with Crippen molar-refractivity contribution in [2.75, 3.05) is 0 Å². The van der Waals surface area contributed by atoms with E-state index in [0.717, 1.165) is 52.1 Å². The first kappa shape index (κ1) is 16.4. The monoisotopic (exact) mass is 352 g/mol. The number of rotatable bonds is 2. The number of fused-ring (bicyclic) bond motifs is 2. The van der Waals surface area contributed by atoms with Crippen molar-refractivity contribution in [3.63, 3.8) is 0 Å². The molecule has 1 unspecified atom stereocenters. The van der Waals surface area contributed by atoms with Crippen molar-refractivity contribution in [3.8, 4) is 11.1 Å². The van der Waals surface area contributed by atoms with Crippen molar-refractivity contribution in [3.05, 3.63) is 63.9 Å². The maximum atomic E-state index is 12.9. The summed E-state index contributed by atoms with van der Waals surface area (Å²) in [6.07, 6.45) is 2.61. The van der Waals surface area contributed by atoms with Crippen molar-refractivity contribution < 1.29 is 9.90 Å². The maximum Gasteiger partial charge on any atom is 0.169 e. The minimum Gasteiger partial charge on any atom is -0.511 e. The van der Waals surface area contributed by atoms with Crippen LogP contribution in [0.4, 0.5) is 0 Å². The Kier molecular flexibility index (Phi) is 3.96. The van der Waals surface area contributed by atoms with Gasteiger partial charge in [0.25, 0.3) is 0 Å². The van der Waals surface area contributed by atoms with Crippen molar-refractivity contribution >= 4 is 23.0 Å². The molecule has 1 N–H and O–H groups in total. The van der Waals surface area contributed by atoms with Gasteiger partial charge in [0.1, 0.15) is 5.76 Å². The second-order valence-corrected chi connectivity index (χ2v) is 7.73. The molecule has 128 valence electrons. The number of Topliss-reactive ketones (excluding diaryl/α,β-unsaturated/α-hetero) is 1. The lowest BCUT2D eigenvalue weighted by Gasteiger charge is -2.23. The first-order valence-corrected chi connectivity index (χ1v) is 9.18. The lowest BCUT2D eigenvalue weighted by molar-refractivity contribution is -0.117. The first-order chi connectivity index (χ1) is 12.0. The predicted octanol–water partition coefficient (Wildman–Crippen LogP) is 5.89. The molecule has 25 heavy (non-hydrogen) atoms. The first-order valence-electron chi connectivity index (χ1n) is 8.80. The molecular weight excluding hydrogens is 332 g/mol. The van der Waals surface area contributed by atoms with Crippen molar-refractivity contribution in [2.45, 2.75) is 33.1 Å². The van der Waals surface area contributed by atoms with E-state index in [1.165, 1.54) is 0 Å². The third-order valence-electron chi connectivity index (χ3n) is 5.70. The van der Waals surface area contributed by atoms with E-state index in [9.17, 15) is 9.90 Å². The molecule has 2 atom stereocenters. The zero-order valence-electron chi connectivity index (χ0n) is 14.5. The van der Waals surface area contributed by atoms with Crippen LogP contribution < -0.4 is 0 Å². The average molecular weight is 353 g/mol. The molecule has 0 saturated heterocycles. The fraction of sp³-hybridized carbons (Fsp3) is 0.318. The van der Waals surface area contributed by atoms with Gasteiger partial charge in [0.15, 0.2) is 5.78 Å². The Morgan fingerprint density at radius 2 is 1.60 bits per heavy atom. The van der Waals surface area contributed by atoms with Gasteiger partial charge in [-0.05, 0) is 73.1 Å². The van der Waals surface area contributed by atoms with Crippen LogP contribution in [0.3, 0.4) is 0 Å². The number of carbonyl (C=O) groups is 1. The molecule has 2 nitrogen and oxygen atoms in total. The highest BCUT2D eigenvalue weighted by atomic mass is 35.5. The fourth-order valence-electron chi connectivity index (χ4n) is 4.12. The normalized spacial score (nSPS) is 22.6. The zero-order valence-corrected chi connectivity index (χ0v) is 15.2. The molecule has 0 spiro atoms. The van der Waals surface area contributed by atoms with Gasteiger partial charge in [-0.1, -0.05) is 35.9 Å². The van der Waals surface area contributed by atoms with Gasteiger partial charge in [0.2, 0.25) is 0 Å². The van der Waals surface area contributed by atoms with Crippen LogP contribution in [0.25, 0.3) is 16.7 Å². The largest absolute Gasteiger partial charge is 0.511 e. The summed E-state index contributed by atoms with van der Waals surface area (Å²) in [6.45, 7) is 3.97. The van der Waals surface area contributed by atoms with Gasteiger partial charge >= 0.3 is 0 Å². The van der Waals surface area contributed by atoms with Gasteiger partial charge in [0.05, 0.1) is 5.57 Å². The van der Waals surface area contributed by atoms with E-state index < -0.39 is 0 Å². The van der Waals surface area contributed by atoms with E-state index in [1.54, 1.807) is 0 Å². The van der Waals surface area contributed by atoms with Gasteiger partial charge in [-0.25, -0.2) is 0 Å². The number of benzene rings is 2. The molecule has 2 aliphatic carbocycles. The molecule has 1 saturated carbocycles. The van der Waals surface area contributed by atoms with Crippen molar-refractivity contribution in [1.29, 1.82) is 0 Å². The standard InChI is InChI=1S/C22H21ClO2/c1-12-3-5-14(15-6-4-13(2)19(23)11-15)10-18(12)20-21(24)16-7-8-17(9-16)22(20)25/h3-6,10-11,16-17,24H,7-9H2,1-2H3/t16-,17?/m1/s1. The Labute approximate surface area is 153 Å². The lowest BCUT2D eigenvalue weighted by Crippen LogP contribution is -2.21. The van der Waals surface area contributed by atoms with Crippen LogP contribution in [-0.2, 0) is 4.79 Å². The third-order valence-corrected chi connectivity index (χ3v) is 6.11. The van der Waals surface area contributed by atoms with E-state index in [-0.39, 0.29) is 17.6 Å². The van der Waals surface area contributed by atoms with E-state index in [4.69, 9.17) is 11.6 Å². The van der Waals surface area contributed by atoms with Crippen LogP contribution in [0.2, 0.25) is 5.02 Å². The number of hydrogen-bond acceptors (Lipinski definition) is 2. The summed E-state index contributed by atoms with van der Waals surface area (Å²) in [7, 11) is 0. The summed E-state index contributed by atoms with van der Waals surface area (Å²) >= 11 is 6.27. The summed E-state index contributed by atoms with van der Waals surface area (Å²) < 4.78 is 0. The molecule has 2 aromatic rings. The SMILES string of the molecule is Cc1ccc(-c2ccc(C)c(C3=C(O)[C@@H]4CCC(C4)C3=O)c2)cc1Cl. The highest BCUT2D eigenvalue weighted by Gasteiger charge is 2.41. The second kappa shape index (κ2) is 6.03. The molecule has 2 aliphatic rings. The molecule has 0 aliphatic heterocycles. The Bertz CT molecular complexity index is 910. The number of halogens is 1. The topological polar surface area (TPSA) is 37.3 Å². The van der Waals surface area contributed by atoms with E-state index in [0.29, 0.717) is 11.3 Å². The minimum absolute atomic E-state index is 0.0766. The molecule has 2 aromatic carbocycles. The smallest absolute Gasteiger partial charge is 0.169 e. The van der Waals surface area contributed by atoms with Crippen LogP contribution in [0.5, 0.6) is 0 Å². The summed E-state index contributed by atoms with van der Waals surface area (Å²) in [5, 5.41) is 11.4. The van der Waals surface area contributed by atoms with Crippen LogP contribution >= 0.6 is 11.6 Å². The highest BCUT2D eigenvalue weighted by Crippen LogP contribution is 2.46.